The lowest BCUT2D eigenvalue weighted by molar-refractivity contribution is 0.0200. The zero-order chi connectivity index (χ0) is 10.6. The van der Waals surface area contributed by atoms with E-state index in [4.69, 9.17) is 0 Å². The van der Waals surface area contributed by atoms with E-state index in [9.17, 15) is 14.6 Å². The molecule has 1 rings (SSSR count). The predicted octanol–water partition coefficient (Wildman–Crippen LogP) is -0.166. The highest BCUT2D eigenvalue weighted by Crippen LogP contribution is 2.15. The Hall–Kier alpha value is -1.04. The minimum Gasteiger partial charge on any atom is -0.389 e. The van der Waals surface area contributed by atoms with E-state index >= 15 is 0 Å². The first kappa shape index (κ1) is 11.0. The van der Waals surface area contributed by atoms with Gasteiger partial charge in [-0.05, 0) is 13.1 Å². The first-order valence-corrected chi connectivity index (χ1v) is 4.27. The molecule has 0 spiro atoms. The number of pyridine rings is 1. The molecule has 3 N–H and O–H groups in total. The van der Waals surface area contributed by atoms with Crippen LogP contribution >= 0.6 is 0 Å². The van der Waals surface area contributed by atoms with E-state index in [1.165, 1.54) is 12.3 Å². The molecule has 0 radical (unpaired) electrons. The molecule has 0 saturated carbocycles. The number of hydrogen-bond donors (Lipinski definition) is 3. The Kier molecular flexibility index (Phi) is 3.94. The molecule has 0 saturated heterocycles. The number of rotatable bonds is 4. The van der Waals surface area contributed by atoms with Crippen LogP contribution in [-0.2, 0) is 0 Å². The molecule has 2 atom stereocenters. The molecule has 0 aliphatic carbocycles. The minimum atomic E-state index is -1.05. The van der Waals surface area contributed by atoms with E-state index in [-0.39, 0.29) is 6.54 Å². The van der Waals surface area contributed by atoms with Crippen LogP contribution in [0.1, 0.15) is 11.7 Å². The summed E-state index contributed by atoms with van der Waals surface area (Å²) in [6.45, 7) is 0.262. The molecule has 14 heavy (non-hydrogen) atoms. The Labute approximate surface area is 81.4 Å². The maximum absolute atomic E-state index is 12.4. The maximum Gasteiger partial charge on any atom is 0.212 e. The molecule has 1 heterocycles. The van der Waals surface area contributed by atoms with Crippen LogP contribution in [0.4, 0.5) is 4.39 Å². The fraction of sp³-hybridized carbons (Fsp3) is 0.444. The van der Waals surface area contributed by atoms with E-state index in [2.05, 4.69) is 10.3 Å². The Morgan fingerprint density at radius 1 is 1.50 bits per heavy atom. The van der Waals surface area contributed by atoms with Gasteiger partial charge in [0.05, 0.1) is 6.10 Å². The average Bonchev–Trinajstić information content (AvgIpc) is 2.18. The van der Waals surface area contributed by atoms with Crippen molar-refractivity contribution in [1.29, 1.82) is 0 Å². The maximum atomic E-state index is 12.4. The van der Waals surface area contributed by atoms with Crippen molar-refractivity contribution in [3.05, 3.63) is 29.8 Å². The van der Waals surface area contributed by atoms with Gasteiger partial charge in [0.25, 0.3) is 0 Å². The minimum absolute atomic E-state index is 0.262. The van der Waals surface area contributed by atoms with Crippen molar-refractivity contribution in [2.45, 2.75) is 12.2 Å². The van der Waals surface area contributed by atoms with Crippen molar-refractivity contribution in [3.8, 4) is 0 Å². The van der Waals surface area contributed by atoms with Gasteiger partial charge in [0.1, 0.15) is 6.10 Å². The highest BCUT2D eigenvalue weighted by molar-refractivity contribution is 5.13. The summed E-state index contributed by atoms with van der Waals surface area (Å²) in [5.74, 6) is -0.607. The van der Waals surface area contributed by atoms with Crippen LogP contribution in [0.3, 0.4) is 0 Å². The molecular weight excluding hydrogens is 187 g/mol. The molecule has 2 unspecified atom stereocenters. The predicted molar refractivity (Wildman–Crippen MR) is 49.1 cm³/mol. The smallest absolute Gasteiger partial charge is 0.212 e. The van der Waals surface area contributed by atoms with Crippen molar-refractivity contribution in [2.24, 2.45) is 0 Å². The van der Waals surface area contributed by atoms with Gasteiger partial charge in [0.2, 0.25) is 5.95 Å². The number of likely N-dealkylation sites (N-methyl/N-ethyl adjacent to an activating group) is 1. The first-order chi connectivity index (χ1) is 6.65. The zero-order valence-electron chi connectivity index (χ0n) is 7.81. The Morgan fingerprint density at radius 2 is 2.21 bits per heavy atom. The SMILES string of the molecule is CNCC(O)C(O)c1ccc(F)nc1. The molecule has 1 aromatic heterocycles. The number of aliphatic hydroxyl groups is 2. The van der Waals surface area contributed by atoms with Crippen LogP contribution in [0, 0.1) is 5.95 Å². The van der Waals surface area contributed by atoms with Crippen LogP contribution < -0.4 is 5.32 Å². The quantitative estimate of drug-likeness (QED) is 0.591. The average molecular weight is 200 g/mol. The second-order valence-electron chi connectivity index (χ2n) is 2.98. The number of halogens is 1. The largest absolute Gasteiger partial charge is 0.389 e. The number of aromatic nitrogens is 1. The Morgan fingerprint density at radius 3 is 2.71 bits per heavy atom. The lowest BCUT2D eigenvalue weighted by Crippen LogP contribution is -2.29. The normalized spacial score (nSPS) is 15.1. The molecule has 78 valence electrons. The van der Waals surface area contributed by atoms with E-state index < -0.39 is 18.2 Å². The van der Waals surface area contributed by atoms with Gasteiger partial charge in [-0.3, -0.25) is 0 Å². The molecule has 0 amide bonds. The molecule has 4 nitrogen and oxygen atoms in total. The summed E-state index contributed by atoms with van der Waals surface area (Å²) < 4.78 is 12.4. The summed E-state index contributed by atoms with van der Waals surface area (Å²) in [5.41, 5.74) is 0.397. The summed E-state index contributed by atoms with van der Waals surface area (Å²) in [6, 6.07) is 2.54. The molecule has 0 aromatic carbocycles. The first-order valence-electron chi connectivity index (χ1n) is 4.27. The molecule has 1 aromatic rings. The number of aliphatic hydroxyl groups excluding tert-OH is 2. The van der Waals surface area contributed by atoms with E-state index in [1.807, 2.05) is 0 Å². The molecule has 0 aliphatic rings. The van der Waals surface area contributed by atoms with E-state index in [1.54, 1.807) is 7.05 Å². The Balaban J connectivity index is 2.68. The van der Waals surface area contributed by atoms with Crippen LogP contribution in [0.5, 0.6) is 0 Å². The standard InChI is InChI=1S/C9H13FN2O2/c1-11-5-7(13)9(14)6-2-3-8(10)12-4-6/h2-4,7,9,11,13-14H,5H2,1H3. The summed E-state index contributed by atoms with van der Waals surface area (Å²) in [4.78, 5) is 3.38. The lowest BCUT2D eigenvalue weighted by Gasteiger charge is -2.17. The summed E-state index contributed by atoms with van der Waals surface area (Å²) in [7, 11) is 1.67. The van der Waals surface area contributed by atoms with E-state index in [0.717, 1.165) is 6.07 Å². The second kappa shape index (κ2) is 4.99. The summed E-state index contributed by atoms with van der Waals surface area (Å²) in [5, 5.41) is 21.7. The number of hydrogen-bond acceptors (Lipinski definition) is 4. The van der Waals surface area contributed by atoms with Crippen molar-refractivity contribution < 1.29 is 14.6 Å². The molecule has 5 heteroatoms. The van der Waals surface area contributed by atoms with Gasteiger partial charge in [0.15, 0.2) is 0 Å². The van der Waals surface area contributed by atoms with Crippen LogP contribution in [-0.4, -0.2) is 34.9 Å². The number of nitrogens with zero attached hydrogens (tertiary/aromatic N) is 1. The van der Waals surface area contributed by atoms with Gasteiger partial charge in [-0.2, -0.15) is 4.39 Å². The van der Waals surface area contributed by atoms with Crippen molar-refractivity contribution in [1.82, 2.24) is 10.3 Å². The van der Waals surface area contributed by atoms with Crippen LogP contribution in [0.2, 0.25) is 0 Å². The molecule has 0 aliphatic heterocycles. The molecule has 0 bridgehead atoms. The van der Waals surface area contributed by atoms with Crippen molar-refractivity contribution >= 4 is 0 Å². The van der Waals surface area contributed by atoms with Gasteiger partial charge in [0, 0.05) is 18.3 Å². The van der Waals surface area contributed by atoms with Crippen LogP contribution in [0.15, 0.2) is 18.3 Å². The fourth-order valence-corrected chi connectivity index (χ4v) is 1.11. The van der Waals surface area contributed by atoms with Crippen LogP contribution in [0.25, 0.3) is 0 Å². The molecular formula is C9H13FN2O2. The third kappa shape index (κ3) is 2.73. The fourth-order valence-electron chi connectivity index (χ4n) is 1.11. The molecule has 0 fully saturated rings. The second-order valence-corrected chi connectivity index (χ2v) is 2.98. The van der Waals surface area contributed by atoms with Crippen molar-refractivity contribution in [2.75, 3.05) is 13.6 Å². The summed E-state index contributed by atoms with van der Waals surface area (Å²) in [6.07, 6.45) is -0.762. The highest BCUT2D eigenvalue weighted by Gasteiger charge is 2.17. The Bertz CT molecular complexity index is 279. The summed E-state index contributed by atoms with van der Waals surface area (Å²) >= 11 is 0. The monoisotopic (exact) mass is 200 g/mol. The topological polar surface area (TPSA) is 65.4 Å². The third-order valence-corrected chi connectivity index (χ3v) is 1.87. The lowest BCUT2D eigenvalue weighted by atomic mass is 10.1. The van der Waals surface area contributed by atoms with E-state index in [0.29, 0.717) is 5.56 Å². The highest BCUT2D eigenvalue weighted by atomic mass is 19.1. The van der Waals surface area contributed by atoms with Gasteiger partial charge in [-0.1, -0.05) is 6.07 Å². The third-order valence-electron chi connectivity index (χ3n) is 1.87. The van der Waals surface area contributed by atoms with Crippen molar-refractivity contribution in [3.63, 3.8) is 0 Å². The van der Waals surface area contributed by atoms with Gasteiger partial charge >= 0.3 is 0 Å². The van der Waals surface area contributed by atoms with Gasteiger partial charge < -0.3 is 15.5 Å². The van der Waals surface area contributed by atoms with Gasteiger partial charge in [-0.25, -0.2) is 4.98 Å². The zero-order valence-corrected chi connectivity index (χ0v) is 7.81. The number of nitrogens with one attached hydrogen (secondary N) is 1. The van der Waals surface area contributed by atoms with Gasteiger partial charge in [-0.15, -0.1) is 0 Å².